The number of likely N-dealkylation sites (tertiary alicyclic amines) is 1. The van der Waals surface area contributed by atoms with Crippen LogP contribution in [-0.2, 0) is 0 Å². The molecule has 0 bridgehead atoms. The van der Waals surface area contributed by atoms with Gasteiger partial charge in [0.1, 0.15) is 11.8 Å². The SMILES string of the molecule is CN1CCC(N(C)CC(C(=N)N)C(F)(F)F)CC1. The molecular weight excluding hydrogens is 245 g/mol. The van der Waals surface area contributed by atoms with Crippen molar-refractivity contribution < 1.29 is 13.2 Å². The molecule has 7 heteroatoms. The maximum atomic E-state index is 12.7. The van der Waals surface area contributed by atoms with Crippen LogP contribution in [0.4, 0.5) is 13.2 Å². The zero-order chi connectivity index (χ0) is 13.9. The van der Waals surface area contributed by atoms with Gasteiger partial charge in [-0.3, -0.25) is 5.41 Å². The molecule has 0 aromatic heterocycles. The lowest BCUT2D eigenvalue weighted by atomic mass is 10.0. The third-order valence-electron chi connectivity index (χ3n) is 3.55. The van der Waals surface area contributed by atoms with Crippen molar-refractivity contribution in [1.82, 2.24) is 9.80 Å². The van der Waals surface area contributed by atoms with E-state index in [0.717, 1.165) is 25.9 Å². The minimum Gasteiger partial charge on any atom is -0.387 e. The molecule has 1 saturated heterocycles. The van der Waals surface area contributed by atoms with Crippen LogP contribution in [0.1, 0.15) is 12.8 Å². The molecule has 18 heavy (non-hydrogen) atoms. The van der Waals surface area contributed by atoms with E-state index in [9.17, 15) is 13.2 Å². The fourth-order valence-electron chi connectivity index (χ4n) is 2.25. The van der Waals surface area contributed by atoms with Gasteiger partial charge in [-0.05, 0) is 40.0 Å². The molecule has 1 aliphatic rings. The number of nitrogens with two attached hydrogens (primary N) is 1. The lowest BCUT2D eigenvalue weighted by Gasteiger charge is -2.36. The molecule has 0 aliphatic carbocycles. The molecule has 1 rings (SSSR count). The molecule has 1 unspecified atom stereocenters. The molecular formula is C11H21F3N4. The van der Waals surface area contributed by atoms with Gasteiger partial charge in [-0.15, -0.1) is 0 Å². The highest BCUT2D eigenvalue weighted by molar-refractivity contribution is 5.80. The fourth-order valence-corrected chi connectivity index (χ4v) is 2.25. The van der Waals surface area contributed by atoms with Crippen molar-refractivity contribution in [1.29, 1.82) is 5.41 Å². The Labute approximate surface area is 105 Å². The molecule has 3 N–H and O–H groups in total. The molecule has 0 saturated carbocycles. The van der Waals surface area contributed by atoms with Gasteiger partial charge >= 0.3 is 6.18 Å². The lowest BCUT2D eigenvalue weighted by Crippen LogP contribution is -2.48. The van der Waals surface area contributed by atoms with E-state index in [1.807, 2.05) is 7.05 Å². The van der Waals surface area contributed by atoms with Crippen LogP contribution in [0.5, 0.6) is 0 Å². The summed E-state index contributed by atoms with van der Waals surface area (Å²) in [6, 6.07) is 0.144. The average molecular weight is 266 g/mol. The van der Waals surface area contributed by atoms with E-state index >= 15 is 0 Å². The largest absolute Gasteiger partial charge is 0.399 e. The van der Waals surface area contributed by atoms with E-state index in [2.05, 4.69) is 4.90 Å². The van der Waals surface area contributed by atoms with Crippen molar-refractivity contribution in [3.05, 3.63) is 0 Å². The van der Waals surface area contributed by atoms with Crippen molar-refractivity contribution >= 4 is 5.84 Å². The van der Waals surface area contributed by atoms with Crippen molar-refractivity contribution in [2.24, 2.45) is 11.7 Å². The Balaban J connectivity index is 2.56. The third-order valence-corrected chi connectivity index (χ3v) is 3.55. The zero-order valence-corrected chi connectivity index (χ0v) is 10.8. The van der Waals surface area contributed by atoms with Gasteiger partial charge in [-0.2, -0.15) is 13.2 Å². The second-order valence-corrected chi connectivity index (χ2v) is 5.02. The Bertz CT molecular complexity index is 285. The normalized spacial score (nSPS) is 21.2. The highest BCUT2D eigenvalue weighted by Crippen LogP contribution is 2.28. The second-order valence-electron chi connectivity index (χ2n) is 5.02. The first-order valence-electron chi connectivity index (χ1n) is 6.01. The van der Waals surface area contributed by atoms with Crippen LogP contribution in [0, 0.1) is 11.3 Å². The Morgan fingerprint density at radius 2 is 1.94 bits per heavy atom. The molecule has 106 valence electrons. The summed E-state index contributed by atoms with van der Waals surface area (Å²) in [5.74, 6) is -2.66. The predicted octanol–water partition coefficient (Wildman–Crippen LogP) is 1.13. The van der Waals surface area contributed by atoms with E-state index in [0.29, 0.717) is 0 Å². The topological polar surface area (TPSA) is 56.4 Å². The maximum Gasteiger partial charge on any atom is 0.399 e. The smallest absolute Gasteiger partial charge is 0.387 e. The molecule has 1 heterocycles. The highest BCUT2D eigenvalue weighted by atomic mass is 19.4. The molecule has 0 spiro atoms. The van der Waals surface area contributed by atoms with Crippen LogP contribution in [-0.4, -0.2) is 61.6 Å². The molecule has 4 nitrogen and oxygen atoms in total. The number of nitrogens with one attached hydrogen (secondary N) is 1. The molecule has 0 aromatic rings. The van der Waals surface area contributed by atoms with Gasteiger partial charge in [0.05, 0.1) is 0 Å². The number of hydrogen-bond donors (Lipinski definition) is 2. The molecule has 0 amide bonds. The average Bonchev–Trinajstić information content (AvgIpc) is 2.24. The monoisotopic (exact) mass is 266 g/mol. The first-order valence-corrected chi connectivity index (χ1v) is 6.01. The zero-order valence-electron chi connectivity index (χ0n) is 10.8. The summed E-state index contributed by atoms with van der Waals surface area (Å²) < 4.78 is 38.1. The summed E-state index contributed by atoms with van der Waals surface area (Å²) in [5.41, 5.74) is 5.05. The Morgan fingerprint density at radius 3 is 2.33 bits per heavy atom. The van der Waals surface area contributed by atoms with Gasteiger partial charge < -0.3 is 15.5 Å². The van der Waals surface area contributed by atoms with Gasteiger partial charge in [0.15, 0.2) is 0 Å². The van der Waals surface area contributed by atoms with Crippen LogP contribution < -0.4 is 5.73 Å². The minimum absolute atomic E-state index is 0.144. The number of amidine groups is 1. The van der Waals surface area contributed by atoms with E-state index < -0.39 is 17.9 Å². The van der Waals surface area contributed by atoms with Gasteiger partial charge in [-0.1, -0.05) is 0 Å². The third kappa shape index (κ3) is 4.13. The molecule has 1 aliphatic heterocycles. The Kier molecular flexibility index (Phi) is 4.98. The minimum atomic E-state index is -4.44. The lowest BCUT2D eigenvalue weighted by molar-refractivity contribution is -0.160. The summed E-state index contributed by atoms with van der Waals surface area (Å²) in [4.78, 5) is 3.85. The fraction of sp³-hybridized carbons (Fsp3) is 0.909. The van der Waals surface area contributed by atoms with Gasteiger partial charge in [0.25, 0.3) is 0 Å². The van der Waals surface area contributed by atoms with E-state index in [4.69, 9.17) is 11.1 Å². The summed E-state index contributed by atoms with van der Waals surface area (Å²) in [6.07, 6.45) is -2.73. The summed E-state index contributed by atoms with van der Waals surface area (Å²) in [5, 5.41) is 7.07. The summed E-state index contributed by atoms with van der Waals surface area (Å²) >= 11 is 0. The summed E-state index contributed by atoms with van der Waals surface area (Å²) in [7, 11) is 3.68. The van der Waals surface area contributed by atoms with Crippen LogP contribution in [0.25, 0.3) is 0 Å². The predicted molar refractivity (Wildman–Crippen MR) is 64.6 cm³/mol. The quantitative estimate of drug-likeness (QED) is 0.592. The van der Waals surface area contributed by atoms with E-state index in [1.54, 1.807) is 11.9 Å². The number of nitrogens with zero attached hydrogens (tertiary/aromatic N) is 2. The maximum absolute atomic E-state index is 12.7. The molecule has 0 radical (unpaired) electrons. The summed E-state index contributed by atoms with van der Waals surface area (Å²) in [6.45, 7) is 1.56. The van der Waals surface area contributed by atoms with Crippen LogP contribution in [0.15, 0.2) is 0 Å². The number of piperidine rings is 1. The Hall–Kier alpha value is -0.820. The molecule has 1 fully saturated rings. The van der Waals surface area contributed by atoms with Gasteiger partial charge in [-0.25, -0.2) is 0 Å². The van der Waals surface area contributed by atoms with Crippen LogP contribution in [0.2, 0.25) is 0 Å². The molecule has 1 atom stereocenters. The van der Waals surface area contributed by atoms with Crippen molar-refractivity contribution in [2.45, 2.75) is 25.1 Å². The number of alkyl halides is 3. The molecule has 0 aromatic carbocycles. The van der Waals surface area contributed by atoms with Gasteiger partial charge in [0.2, 0.25) is 0 Å². The standard InChI is InChI=1S/C11H21F3N4/c1-17-5-3-8(4-6-17)18(2)7-9(10(15)16)11(12,13)14/h8-9H,3-7H2,1-2H3,(H3,15,16). The van der Waals surface area contributed by atoms with Crippen molar-refractivity contribution in [2.75, 3.05) is 33.7 Å². The highest BCUT2D eigenvalue weighted by Gasteiger charge is 2.43. The number of rotatable bonds is 4. The number of halogens is 3. The van der Waals surface area contributed by atoms with Crippen LogP contribution >= 0.6 is 0 Å². The van der Waals surface area contributed by atoms with Crippen molar-refractivity contribution in [3.8, 4) is 0 Å². The first kappa shape index (κ1) is 15.2. The van der Waals surface area contributed by atoms with E-state index in [1.165, 1.54) is 0 Å². The van der Waals surface area contributed by atoms with E-state index in [-0.39, 0.29) is 12.6 Å². The van der Waals surface area contributed by atoms with Crippen LogP contribution in [0.3, 0.4) is 0 Å². The number of hydrogen-bond acceptors (Lipinski definition) is 3. The van der Waals surface area contributed by atoms with Crippen molar-refractivity contribution in [3.63, 3.8) is 0 Å². The Morgan fingerprint density at radius 1 is 1.44 bits per heavy atom. The van der Waals surface area contributed by atoms with Gasteiger partial charge in [0, 0.05) is 12.6 Å². The first-order chi connectivity index (χ1) is 8.21. The second kappa shape index (κ2) is 5.88.